The molecule has 2 unspecified atom stereocenters. The third-order valence-electron chi connectivity index (χ3n) is 5.45. The lowest BCUT2D eigenvalue weighted by Crippen LogP contribution is -2.47. The van der Waals surface area contributed by atoms with Crippen molar-refractivity contribution >= 4 is 5.69 Å². The molecule has 0 amide bonds. The van der Waals surface area contributed by atoms with E-state index in [2.05, 4.69) is 69.2 Å². The van der Waals surface area contributed by atoms with E-state index in [0.717, 1.165) is 5.75 Å². The van der Waals surface area contributed by atoms with E-state index in [9.17, 15) is 0 Å². The van der Waals surface area contributed by atoms with Crippen molar-refractivity contribution in [2.75, 3.05) is 18.4 Å². The first-order chi connectivity index (χ1) is 12.8. The van der Waals surface area contributed by atoms with E-state index in [1.54, 1.807) is 0 Å². The molecular weight excluding hydrogens is 334 g/mol. The lowest BCUT2D eigenvalue weighted by molar-refractivity contribution is 0.156. The number of ether oxygens (including phenoxy) is 1. The van der Waals surface area contributed by atoms with Crippen molar-refractivity contribution < 1.29 is 4.74 Å². The second-order valence-electron chi connectivity index (χ2n) is 8.79. The van der Waals surface area contributed by atoms with Gasteiger partial charge in [-0.1, -0.05) is 0 Å². The van der Waals surface area contributed by atoms with Gasteiger partial charge in [0, 0.05) is 29.9 Å². The van der Waals surface area contributed by atoms with Crippen molar-refractivity contribution in [2.24, 2.45) is 0 Å². The van der Waals surface area contributed by atoms with Gasteiger partial charge < -0.3 is 20.3 Å². The summed E-state index contributed by atoms with van der Waals surface area (Å²) in [5.41, 5.74) is 1.17. The quantitative estimate of drug-likeness (QED) is 0.609. The Morgan fingerprint density at radius 2 is 1.52 bits per heavy atom. The Bertz CT molecular complexity index is 521. The Morgan fingerprint density at radius 1 is 0.926 bits per heavy atom. The molecule has 1 heterocycles. The first-order valence-corrected chi connectivity index (χ1v) is 10.9. The first kappa shape index (κ1) is 22.0. The van der Waals surface area contributed by atoms with Crippen molar-refractivity contribution in [2.45, 2.75) is 97.5 Å². The largest absolute Gasteiger partial charge is 0.491 e. The van der Waals surface area contributed by atoms with Gasteiger partial charge in [0.05, 0.1) is 6.10 Å². The highest BCUT2D eigenvalue weighted by Crippen LogP contribution is 2.19. The van der Waals surface area contributed by atoms with Crippen molar-refractivity contribution in [3.05, 3.63) is 24.3 Å². The summed E-state index contributed by atoms with van der Waals surface area (Å²) in [6, 6.07) is 10.7. The predicted molar refractivity (Wildman–Crippen MR) is 117 cm³/mol. The molecule has 0 radical (unpaired) electrons. The summed E-state index contributed by atoms with van der Waals surface area (Å²) in [7, 11) is 0. The SMILES string of the molecule is CC(CCC(C)NC1CCN(C(C)C)CC1)Nc1ccc(OC(C)C)cc1. The smallest absolute Gasteiger partial charge is 0.119 e. The minimum atomic E-state index is 0.217. The van der Waals surface area contributed by atoms with Gasteiger partial charge >= 0.3 is 0 Å². The summed E-state index contributed by atoms with van der Waals surface area (Å²) in [5, 5.41) is 7.46. The molecule has 4 nitrogen and oxygen atoms in total. The summed E-state index contributed by atoms with van der Waals surface area (Å²) in [6.45, 7) is 15.8. The van der Waals surface area contributed by atoms with E-state index in [0.29, 0.717) is 24.2 Å². The lowest BCUT2D eigenvalue weighted by Gasteiger charge is -2.36. The highest BCUT2D eigenvalue weighted by molar-refractivity contribution is 5.46. The van der Waals surface area contributed by atoms with Gasteiger partial charge in [0.2, 0.25) is 0 Å². The molecule has 0 spiro atoms. The molecule has 1 aromatic carbocycles. The Hall–Kier alpha value is -1.26. The Kier molecular flexibility index (Phi) is 8.91. The molecule has 2 N–H and O–H groups in total. The molecule has 1 aliphatic rings. The van der Waals surface area contributed by atoms with Gasteiger partial charge in [-0.3, -0.25) is 0 Å². The van der Waals surface area contributed by atoms with Crippen LogP contribution in [-0.4, -0.2) is 48.3 Å². The number of nitrogens with one attached hydrogen (secondary N) is 2. The molecule has 0 aromatic heterocycles. The van der Waals surface area contributed by atoms with Gasteiger partial charge in [-0.25, -0.2) is 0 Å². The standard InChI is InChI=1S/C23H41N3O/c1-17(2)26-15-13-22(14-16-26)25-20(6)8-7-19(5)24-21-9-11-23(12-10-21)27-18(3)4/h9-12,17-20,22,24-25H,7-8,13-16H2,1-6H3. The fraction of sp³-hybridized carbons (Fsp3) is 0.739. The van der Waals surface area contributed by atoms with Crippen LogP contribution in [0.15, 0.2) is 24.3 Å². The maximum atomic E-state index is 5.71. The minimum absolute atomic E-state index is 0.217. The second-order valence-corrected chi connectivity index (χ2v) is 8.79. The zero-order valence-corrected chi connectivity index (χ0v) is 18.3. The van der Waals surface area contributed by atoms with Crippen LogP contribution in [-0.2, 0) is 0 Å². The highest BCUT2D eigenvalue weighted by Gasteiger charge is 2.21. The fourth-order valence-corrected chi connectivity index (χ4v) is 3.83. The first-order valence-electron chi connectivity index (χ1n) is 10.9. The molecule has 2 atom stereocenters. The summed E-state index contributed by atoms with van der Waals surface area (Å²) in [6.07, 6.45) is 5.15. The third kappa shape index (κ3) is 8.10. The Labute approximate surface area is 167 Å². The molecule has 1 aliphatic heterocycles. The van der Waals surface area contributed by atoms with E-state index in [1.807, 2.05) is 12.1 Å². The van der Waals surface area contributed by atoms with Gasteiger partial charge in [0.25, 0.3) is 0 Å². The molecule has 2 rings (SSSR count). The maximum absolute atomic E-state index is 5.71. The minimum Gasteiger partial charge on any atom is -0.491 e. The van der Waals surface area contributed by atoms with E-state index in [1.165, 1.54) is 44.5 Å². The Balaban J connectivity index is 1.65. The van der Waals surface area contributed by atoms with Gasteiger partial charge in [0.15, 0.2) is 0 Å². The number of hydrogen-bond donors (Lipinski definition) is 2. The molecule has 0 bridgehead atoms. The number of nitrogens with zero attached hydrogens (tertiary/aromatic N) is 1. The number of likely N-dealkylation sites (tertiary alicyclic amines) is 1. The summed E-state index contributed by atoms with van der Waals surface area (Å²) in [5.74, 6) is 0.935. The van der Waals surface area contributed by atoms with Crippen molar-refractivity contribution in [3.8, 4) is 5.75 Å². The van der Waals surface area contributed by atoms with E-state index >= 15 is 0 Å². The maximum Gasteiger partial charge on any atom is 0.119 e. The fourth-order valence-electron chi connectivity index (χ4n) is 3.83. The molecule has 0 saturated carbocycles. The number of rotatable bonds is 10. The van der Waals surface area contributed by atoms with Crippen molar-refractivity contribution in [3.63, 3.8) is 0 Å². The zero-order chi connectivity index (χ0) is 19.8. The van der Waals surface area contributed by atoms with E-state index < -0.39 is 0 Å². The van der Waals surface area contributed by atoms with Gasteiger partial charge in [-0.05, 0) is 105 Å². The third-order valence-corrected chi connectivity index (χ3v) is 5.45. The molecule has 0 aliphatic carbocycles. The molecular formula is C23H41N3O. The van der Waals surface area contributed by atoms with Gasteiger partial charge in [-0.15, -0.1) is 0 Å². The molecule has 27 heavy (non-hydrogen) atoms. The number of piperidine rings is 1. The van der Waals surface area contributed by atoms with Crippen LogP contribution in [0.5, 0.6) is 5.75 Å². The average molecular weight is 376 g/mol. The molecule has 1 saturated heterocycles. The van der Waals surface area contributed by atoms with Crippen LogP contribution < -0.4 is 15.4 Å². The Morgan fingerprint density at radius 3 is 2.07 bits per heavy atom. The normalized spacial score (nSPS) is 18.7. The van der Waals surface area contributed by atoms with Crippen LogP contribution in [0.25, 0.3) is 0 Å². The highest BCUT2D eigenvalue weighted by atomic mass is 16.5. The molecule has 154 valence electrons. The topological polar surface area (TPSA) is 36.5 Å². The second kappa shape index (κ2) is 10.9. The van der Waals surface area contributed by atoms with Crippen LogP contribution in [0.3, 0.4) is 0 Å². The predicted octanol–water partition coefficient (Wildman–Crippen LogP) is 4.91. The number of anilines is 1. The van der Waals surface area contributed by atoms with Gasteiger partial charge in [0.1, 0.15) is 5.75 Å². The molecule has 4 heteroatoms. The lowest BCUT2D eigenvalue weighted by atomic mass is 10.0. The van der Waals surface area contributed by atoms with E-state index in [-0.39, 0.29) is 6.10 Å². The van der Waals surface area contributed by atoms with Gasteiger partial charge in [-0.2, -0.15) is 0 Å². The zero-order valence-electron chi connectivity index (χ0n) is 18.3. The monoisotopic (exact) mass is 375 g/mol. The van der Waals surface area contributed by atoms with Crippen LogP contribution in [0, 0.1) is 0 Å². The summed E-state index contributed by atoms with van der Waals surface area (Å²) >= 11 is 0. The van der Waals surface area contributed by atoms with Crippen LogP contribution in [0.1, 0.15) is 67.2 Å². The van der Waals surface area contributed by atoms with Crippen molar-refractivity contribution in [1.29, 1.82) is 0 Å². The van der Waals surface area contributed by atoms with Crippen LogP contribution in [0.2, 0.25) is 0 Å². The average Bonchev–Trinajstić information content (AvgIpc) is 2.62. The summed E-state index contributed by atoms with van der Waals surface area (Å²) in [4.78, 5) is 2.59. The number of benzene rings is 1. The van der Waals surface area contributed by atoms with Crippen molar-refractivity contribution in [1.82, 2.24) is 10.2 Å². The molecule has 1 fully saturated rings. The molecule has 1 aromatic rings. The van der Waals surface area contributed by atoms with Crippen LogP contribution >= 0.6 is 0 Å². The van der Waals surface area contributed by atoms with Crippen LogP contribution in [0.4, 0.5) is 5.69 Å². The summed E-state index contributed by atoms with van der Waals surface area (Å²) < 4.78 is 5.71. The van der Waals surface area contributed by atoms with E-state index in [4.69, 9.17) is 4.74 Å². The number of hydrogen-bond acceptors (Lipinski definition) is 4.